The summed E-state index contributed by atoms with van der Waals surface area (Å²) in [6.45, 7) is 0.489. The molecule has 1 aliphatic rings. The minimum absolute atomic E-state index is 0.489. The predicted molar refractivity (Wildman–Crippen MR) is 98.2 cm³/mol. The van der Waals surface area contributed by atoms with Crippen LogP contribution in [0.1, 0.15) is 29.7 Å². The van der Waals surface area contributed by atoms with Gasteiger partial charge in [-0.2, -0.15) is 0 Å². The molecule has 0 bridgehead atoms. The molecule has 0 spiro atoms. The Hall–Kier alpha value is -2.10. The molecule has 24 heavy (non-hydrogen) atoms. The Bertz CT molecular complexity index is 861. The number of pyridine rings is 1. The number of hydrogen-bond acceptors (Lipinski definition) is 3. The lowest BCUT2D eigenvalue weighted by molar-refractivity contribution is 0.180. The van der Waals surface area contributed by atoms with Crippen molar-refractivity contribution in [1.82, 2.24) is 4.98 Å². The van der Waals surface area contributed by atoms with Crippen LogP contribution in [0.25, 0.3) is 10.9 Å². The summed E-state index contributed by atoms with van der Waals surface area (Å²) < 4.78 is 0. The number of nitrogens with one attached hydrogen (secondary N) is 1. The Morgan fingerprint density at radius 1 is 1.00 bits per heavy atom. The summed E-state index contributed by atoms with van der Waals surface area (Å²) in [5, 5.41) is 1.86. The normalized spacial score (nSPS) is 13.7. The van der Waals surface area contributed by atoms with Crippen LogP contribution in [0.5, 0.6) is 0 Å². The van der Waals surface area contributed by atoms with Gasteiger partial charge in [-0.05, 0) is 55.0 Å². The fraction of sp³-hybridized carbons (Fsp3) is 0.250. The molecule has 4 rings (SSSR count). The summed E-state index contributed by atoms with van der Waals surface area (Å²) in [7, 11) is 0. The molecule has 0 radical (unpaired) electrons. The highest BCUT2D eigenvalue weighted by Gasteiger charge is 2.18. The van der Waals surface area contributed by atoms with Crippen molar-refractivity contribution in [3.63, 3.8) is 0 Å². The van der Waals surface area contributed by atoms with Crippen LogP contribution in [0.2, 0.25) is 5.02 Å². The topological polar surface area (TPSA) is 34.1 Å². The smallest absolute Gasteiger partial charge is 0.0996 e. The number of hydrogen-bond donors (Lipinski definition) is 1. The number of para-hydroxylation sites is 1. The van der Waals surface area contributed by atoms with Gasteiger partial charge in [0.1, 0.15) is 0 Å². The van der Waals surface area contributed by atoms with E-state index >= 15 is 0 Å². The molecule has 2 aromatic carbocycles. The third-order valence-corrected chi connectivity index (χ3v) is 4.75. The van der Waals surface area contributed by atoms with Crippen LogP contribution in [0, 0.1) is 0 Å². The van der Waals surface area contributed by atoms with Gasteiger partial charge in [-0.1, -0.05) is 41.9 Å². The number of aromatic nitrogens is 1. The average Bonchev–Trinajstić information content (AvgIpc) is 2.63. The summed E-state index contributed by atoms with van der Waals surface area (Å²) in [6, 6.07) is 16.0. The SMILES string of the molecule is Clc1ccc(CONc2c3c(nc4ccccc24)CCCC3)cc1. The molecule has 0 unspecified atom stereocenters. The summed E-state index contributed by atoms with van der Waals surface area (Å²) in [5.74, 6) is 0. The van der Waals surface area contributed by atoms with Crippen molar-refractivity contribution in [3.8, 4) is 0 Å². The van der Waals surface area contributed by atoms with Gasteiger partial charge in [-0.15, -0.1) is 0 Å². The van der Waals surface area contributed by atoms with E-state index in [-0.39, 0.29) is 0 Å². The second kappa shape index (κ2) is 6.80. The van der Waals surface area contributed by atoms with E-state index in [4.69, 9.17) is 21.4 Å². The van der Waals surface area contributed by atoms with Crippen molar-refractivity contribution in [2.75, 3.05) is 5.48 Å². The van der Waals surface area contributed by atoms with E-state index in [2.05, 4.69) is 17.6 Å². The highest BCUT2D eigenvalue weighted by atomic mass is 35.5. The van der Waals surface area contributed by atoms with Crippen molar-refractivity contribution in [2.45, 2.75) is 32.3 Å². The Balaban J connectivity index is 1.61. The first-order valence-electron chi connectivity index (χ1n) is 8.34. The average molecular weight is 339 g/mol. The summed E-state index contributed by atoms with van der Waals surface area (Å²) in [6.07, 6.45) is 4.52. The van der Waals surface area contributed by atoms with Crippen molar-refractivity contribution >= 4 is 28.2 Å². The van der Waals surface area contributed by atoms with Crippen LogP contribution < -0.4 is 5.48 Å². The molecule has 1 aromatic heterocycles. The molecule has 122 valence electrons. The molecule has 3 aromatic rings. The van der Waals surface area contributed by atoms with Crippen LogP contribution in [0.4, 0.5) is 5.69 Å². The molecule has 0 aliphatic heterocycles. The molecular weight excluding hydrogens is 320 g/mol. The lowest BCUT2D eigenvalue weighted by Gasteiger charge is -2.21. The van der Waals surface area contributed by atoms with E-state index in [0.29, 0.717) is 6.61 Å². The number of anilines is 1. The summed E-state index contributed by atoms with van der Waals surface area (Å²) >= 11 is 5.92. The molecule has 0 saturated heterocycles. The molecule has 0 amide bonds. The second-order valence-electron chi connectivity index (χ2n) is 6.15. The largest absolute Gasteiger partial charge is 0.271 e. The quantitative estimate of drug-likeness (QED) is 0.654. The first-order chi connectivity index (χ1) is 11.8. The van der Waals surface area contributed by atoms with Crippen LogP contribution in [0.15, 0.2) is 48.5 Å². The van der Waals surface area contributed by atoms with Crippen LogP contribution in [0.3, 0.4) is 0 Å². The van der Waals surface area contributed by atoms with Crippen molar-refractivity contribution in [2.24, 2.45) is 0 Å². The number of rotatable bonds is 4. The number of benzene rings is 2. The maximum Gasteiger partial charge on any atom is 0.0996 e. The van der Waals surface area contributed by atoms with Gasteiger partial charge in [0.25, 0.3) is 0 Å². The molecule has 0 saturated carbocycles. The molecule has 4 heteroatoms. The van der Waals surface area contributed by atoms with Crippen molar-refractivity contribution in [3.05, 3.63) is 70.4 Å². The number of nitrogens with zero attached hydrogens (tertiary/aromatic N) is 1. The monoisotopic (exact) mass is 338 g/mol. The van der Waals surface area contributed by atoms with Gasteiger partial charge in [0.15, 0.2) is 0 Å². The van der Waals surface area contributed by atoms with Gasteiger partial charge in [-0.25, -0.2) is 0 Å². The summed E-state index contributed by atoms with van der Waals surface area (Å²) in [4.78, 5) is 10.6. The molecular formula is C20H19ClN2O. The van der Waals surface area contributed by atoms with Gasteiger partial charge in [-0.3, -0.25) is 15.3 Å². The van der Waals surface area contributed by atoms with E-state index in [9.17, 15) is 0 Å². The van der Waals surface area contributed by atoms with Gasteiger partial charge in [0.2, 0.25) is 0 Å². The first-order valence-corrected chi connectivity index (χ1v) is 8.72. The lowest BCUT2D eigenvalue weighted by atomic mass is 9.93. The standard InChI is InChI=1S/C20H19ClN2O/c21-15-11-9-14(10-12-15)13-24-23-20-16-5-1-3-7-18(16)22-19-8-4-2-6-17(19)20/h1,3,5,7,9-12H,2,4,6,8,13H2,(H,22,23). The maximum atomic E-state index is 5.92. The molecule has 0 atom stereocenters. The Morgan fingerprint density at radius 2 is 1.79 bits per heavy atom. The number of fused-ring (bicyclic) bond motifs is 2. The fourth-order valence-electron chi connectivity index (χ4n) is 3.26. The van der Waals surface area contributed by atoms with Crippen LogP contribution in [-0.2, 0) is 24.3 Å². The first kappa shape index (κ1) is 15.4. The van der Waals surface area contributed by atoms with E-state index in [1.54, 1.807) is 0 Å². The van der Waals surface area contributed by atoms with E-state index in [1.165, 1.54) is 24.1 Å². The third kappa shape index (κ3) is 3.10. The number of aryl methyl sites for hydroxylation is 1. The van der Waals surface area contributed by atoms with Crippen molar-refractivity contribution in [1.29, 1.82) is 0 Å². The zero-order valence-corrected chi connectivity index (χ0v) is 14.1. The highest BCUT2D eigenvalue weighted by molar-refractivity contribution is 6.30. The van der Waals surface area contributed by atoms with Gasteiger partial charge in [0.05, 0.1) is 17.8 Å². The predicted octanol–water partition coefficient (Wildman–Crippen LogP) is 5.31. The zero-order chi connectivity index (χ0) is 16.4. The van der Waals surface area contributed by atoms with E-state index in [0.717, 1.165) is 40.0 Å². The Morgan fingerprint density at radius 3 is 2.67 bits per heavy atom. The molecule has 3 nitrogen and oxygen atoms in total. The minimum atomic E-state index is 0.489. The molecule has 1 heterocycles. The van der Waals surface area contributed by atoms with Gasteiger partial charge < -0.3 is 0 Å². The van der Waals surface area contributed by atoms with Gasteiger partial charge >= 0.3 is 0 Å². The van der Waals surface area contributed by atoms with E-state index in [1.807, 2.05) is 36.4 Å². The molecule has 0 fully saturated rings. The Kier molecular flexibility index (Phi) is 4.37. The number of halogens is 1. The lowest BCUT2D eigenvalue weighted by Crippen LogP contribution is -2.12. The van der Waals surface area contributed by atoms with Crippen LogP contribution in [-0.4, -0.2) is 4.98 Å². The highest BCUT2D eigenvalue weighted by Crippen LogP contribution is 2.33. The fourth-order valence-corrected chi connectivity index (χ4v) is 3.39. The third-order valence-electron chi connectivity index (χ3n) is 4.50. The summed E-state index contributed by atoms with van der Waals surface area (Å²) in [5.41, 5.74) is 8.89. The molecule has 1 N–H and O–H groups in total. The second-order valence-corrected chi connectivity index (χ2v) is 6.59. The maximum absolute atomic E-state index is 5.92. The Labute approximate surface area is 146 Å². The minimum Gasteiger partial charge on any atom is -0.271 e. The molecule has 1 aliphatic carbocycles. The zero-order valence-electron chi connectivity index (χ0n) is 13.4. The van der Waals surface area contributed by atoms with E-state index < -0.39 is 0 Å². The van der Waals surface area contributed by atoms with Crippen molar-refractivity contribution < 1.29 is 4.84 Å². The van der Waals surface area contributed by atoms with Gasteiger partial charge in [0, 0.05) is 16.1 Å². The van der Waals surface area contributed by atoms with Crippen LogP contribution >= 0.6 is 11.6 Å².